The highest BCUT2D eigenvalue weighted by Crippen LogP contribution is 2.41. The van der Waals surface area contributed by atoms with Crippen LogP contribution in [0.25, 0.3) is 0 Å². The van der Waals surface area contributed by atoms with Gasteiger partial charge < -0.3 is 10.8 Å². The van der Waals surface area contributed by atoms with E-state index in [4.69, 9.17) is 17.3 Å². The lowest BCUT2D eigenvalue weighted by molar-refractivity contribution is -0.177. The third-order valence-corrected chi connectivity index (χ3v) is 4.58. The number of nitrogens with two attached hydrogens (primary N) is 1. The summed E-state index contributed by atoms with van der Waals surface area (Å²) in [6.45, 7) is 2.28. The Labute approximate surface area is 148 Å². The van der Waals surface area contributed by atoms with Crippen LogP contribution in [0.15, 0.2) is 36.4 Å². The maximum Gasteiger partial charge on any atom is 0.284 e. The number of aliphatic hydroxyl groups is 1. The summed E-state index contributed by atoms with van der Waals surface area (Å²) in [5.41, 5.74) is 2.16. The first-order valence-electron chi connectivity index (χ1n) is 7.41. The molecule has 0 radical (unpaired) electrons. The Bertz CT molecular complexity index is 805. The van der Waals surface area contributed by atoms with Crippen molar-refractivity contribution in [3.8, 4) is 0 Å². The third kappa shape index (κ3) is 3.65. The van der Waals surface area contributed by atoms with E-state index in [1.165, 1.54) is 31.2 Å². The summed E-state index contributed by atoms with van der Waals surface area (Å²) in [5, 5.41) is 10.8. The molecule has 3 nitrogen and oxygen atoms in total. The van der Waals surface area contributed by atoms with E-state index in [1.54, 1.807) is 0 Å². The summed E-state index contributed by atoms with van der Waals surface area (Å²) < 4.78 is 43.7. The van der Waals surface area contributed by atoms with Crippen LogP contribution >= 0.6 is 11.6 Å². The largest absolute Gasteiger partial charge is 0.379 e. The second kappa shape index (κ2) is 6.69. The molecule has 1 atom stereocenters. The number of halogens is 4. The molecule has 2 rings (SSSR count). The Balaban J connectivity index is 2.46. The monoisotopic (exact) mass is 371 g/mol. The van der Waals surface area contributed by atoms with Crippen LogP contribution in [0.5, 0.6) is 0 Å². The third-order valence-electron chi connectivity index (χ3n) is 4.32. The van der Waals surface area contributed by atoms with Crippen molar-refractivity contribution in [2.75, 3.05) is 0 Å². The van der Waals surface area contributed by atoms with Gasteiger partial charge in [-0.3, -0.25) is 4.79 Å². The molecule has 0 saturated heterocycles. The first-order valence-corrected chi connectivity index (χ1v) is 7.79. The van der Waals surface area contributed by atoms with Crippen LogP contribution in [0.2, 0.25) is 5.02 Å². The van der Waals surface area contributed by atoms with E-state index in [1.807, 2.05) is 0 Å². The molecule has 3 N–H and O–H groups in total. The second-order valence-corrected chi connectivity index (χ2v) is 6.46. The number of rotatable bonds is 5. The lowest BCUT2D eigenvalue weighted by Crippen LogP contribution is -2.44. The highest BCUT2D eigenvalue weighted by atomic mass is 35.5. The molecule has 2 aromatic rings. The van der Waals surface area contributed by atoms with Crippen LogP contribution in [0.3, 0.4) is 0 Å². The minimum atomic E-state index is -3.72. The highest BCUT2D eigenvalue weighted by molar-refractivity contribution is 6.30. The van der Waals surface area contributed by atoms with Gasteiger partial charge in [-0.1, -0.05) is 23.7 Å². The Morgan fingerprint density at radius 3 is 2.28 bits per heavy atom. The average molecular weight is 372 g/mol. The van der Waals surface area contributed by atoms with Crippen LogP contribution in [-0.2, 0) is 12.0 Å². The van der Waals surface area contributed by atoms with Gasteiger partial charge in [-0.2, -0.15) is 0 Å². The fourth-order valence-electron chi connectivity index (χ4n) is 2.59. The van der Waals surface area contributed by atoms with Crippen molar-refractivity contribution < 1.29 is 23.1 Å². The fraction of sp³-hybridized carbons (Fsp3) is 0.278. The second-order valence-electron chi connectivity index (χ2n) is 6.02. The summed E-state index contributed by atoms with van der Waals surface area (Å²) in [6, 6.07) is 7.36. The quantitative estimate of drug-likeness (QED) is 0.835. The molecule has 0 spiro atoms. The van der Waals surface area contributed by atoms with Crippen molar-refractivity contribution in [2.45, 2.75) is 31.8 Å². The van der Waals surface area contributed by atoms with Gasteiger partial charge >= 0.3 is 0 Å². The van der Waals surface area contributed by atoms with Crippen molar-refractivity contribution in [3.63, 3.8) is 0 Å². The summed E-state index contributed by atoms with van der Waals surface area (Å²) in [6.07, 6.45) is -1.10. The predicted molar refractivity (Wildman–Crippen MR) is 89.3 cm³/mol. The van der Waals surface area contributed by atoms with E-state index in [2.05, 4.69) is 0 Å². The van der Waals surface area contributed by atoms with E-state index in [-0.39, 0.29) is 22.3 Å². The summed E-state index contributed by atoms with van der Waals surface area (Å²) in [5.74, 6) is -5.46. The molecule has 0 aliphatic carbocycles. The molecule has 0 saturated carbocycles. The van der Waals surface area contributed by atoms with Gasteiger partial charge in [0.25, 0.3) is 5.92 Å². The van der Waals surface area contributed by atoms with Gasteiger partial charge in [0, 0.05) is 17.0 Å². The number of primary amides is 1. The van der Waals surface area contributed by atoms with Gasteiger partial charge in [0.1, 0.15) is 5.82 Å². The van der Waals surface area contributed by atoms with E-state index >= 15 is 0 Å². The van der Waals surface area contributed by atoms with Crippen molar-refractivity contribution in [1.82, 2.24) is 0 Å². The minimum Gasteiger partial charge on any atom is -0.379 e. The van der Waals surface area contributed by atoms with Gasteiger partial charge in [0.2, 0.25) is 5.91 Å². The number of benzene rings is 2. The molecular formula is C18H17ClF3NO2. The predicted octanol–water partition coefficient (Wildman–Crippen LogP) is 3.97. The zero-order chi connectivity index (χ0) is 19.0. The van der Waals surface area contributed by atoms with Crippen molar-refractivity contribution in [1.29, 1.82) is 0 Å². The number of amides is 1. The molecule has 2 aromatic carbocycles. The normalized spacial score (nSPS) is 14.2. The Kier molecular flexibility index (Phi) is 5.16. The molecule has 0 aliphatic heterocycles. The lowest BCUT2D eigenvalue weighted by atomic mass is 9.84. The Hall–Kier alpha value is -2.05. The maximum absolute atomic E-state index is 14.8. The smallest absolute Gasteiger partial charge is 0.284 e. The molecule has 1 unspecified atom stereocenters. The van der Waals surface area contributed by atoms with Crippen molar-refractivity contribution in [2.24, 2.45) is 5.73 Å². The van der Waals surface area contributed by atoms with Gasteiger partial charge in [-0.25, -0.2) is 13.2 Å². The van der Waals surface area contributed by atoms with Crippen LogP contribution in [0.4, 0.5) is 13.2 Å². The molecule has 25 heavy (non-hydrogen) atoms. The minimum absolute atomic E-state index is 0.0269. The topological polar surface area (TPSA) is 63.3 Å². The number of alkyl halides is 2. The molecule has 0 bridgehead atoms. The average Bonchev–Trinajstić information content (AvgIpc) is 2.51. The van der Waals surface area contributed by atoms with Crippen molar-refractivity contribution in [3.05, 3.63) is 69.5 Å². The molecule has 0 aromatic heterocycles. The molecule has 0 fully saturated rings. The van der Waals surface area contributed by atoms with Crippen LogP contribution in [-0.4, -0.2) is 16.9 Å². The summed E-state index contributed by atoms with van der Waals surface area (Å²) in [7, 11) is 0. The molecule has 0 aliphatic rings. The van der Waals surface area contributed by atoms with Crippen molar-refractivity contribution >= 4 is 17.5 Å². The number of hydrogen-bond acceptors (Lipinski definition) is 2. The van der Waals surface area contributed by atoms with Gasteiger partial charge in [-0.15, -0.1) is 0 Å². The van der Waals surface area contributed by atoms with E-state index < -0.39 is 29.7 Å². The zero-order valence-corrected chi connectivity index (χ0v) is 14.4. The van der Waals surface area contributed by atoms with Gasteiger partial charge in [-0.05, 0) is 54.8 Å². The maximum atomic E-state index is 14.8. The molecule has 7 heteroatoms. The highest BCUT2D eigenvalue weighted by Gasteiger charge is 2.50. The molecule has 134 valence electrons. The first-order chi connectivity index (χ1) is 11.5. The van der Waals surface area contributed by atoms with Gasteiger partial charge in [0.15, 0.2) is 5.60 Å². The molecule has 1 amide bonds. The van der Waals surface area contributed by atoms with Crippen LogP contribution in [0, 0.1) is 12.7 Å². The number of carbonyl (C=O) groups excluding carboxylic acids is 1. The van der Waals surface area contributed by atoms with Crippen LogP contribution < -0.4 is 5.73 Å². The summed E-state index contributed by atoms with van der Waals surface area (Å²) in [4.78, 5) is 11.4. The zero-order valence-electron chi connectivity index (χ0n) is 13.6. The first kappa shape index (κ1) is 19.3. The summed E-state index contributed by atoms with van der Waals surface area (Å²) >= 11 is 5.73. The fourth-order valence-corrected chi connectivity index (χ4v) is 2.71. The Morgan fingerprint density at radius 2 is 1.76 bits per heavy atom. The lowest BCUT2D eigenvalue weighted by Gasteiger charge is -2.33. The SMILES string of the molecule is Cc1c(C(N)=O)ccc(F)c1CC(F)(F)C(C)(O)c1ccc(Cl)cc1. The number of hydrogen-bond donors (Lipinski definition) is 2. The van der Waals surface area contributed by atoms with Crippen LogP contribution in [0.1, 0.15) is 34.0 Å². The molecular weight excluding hydrogens is 355 g/mol. The van der Waals surface area contributed by atoms with E-state index in [0.717, 1.165) is 19.1 Å². The van der Waals surface area contributed by atoms with E-state index in [0.29, 0.717) is 5.02 Å². The number of carbonyl (C=O) groups is 1. The van der Waals surface area contributed by atoms with E-state index in [9.17, 15) is 23.1 Å². The molecule has 0 heterocycles. The standard InChI is InChI=1S/C18H17ClF3NO2/c1-10-13(16(23)24)7-8-15(20)14(10)9-18(21,22)17(2,25)11-3-5-12(19)6-4-11/h3-8,25H,9H2,1-2H3,(H2,23,24). The Morgan fingerprint density at radius 1 is 1.20 bits per heavy atom. The van der Waals surface area contributed by atoms with Gasteiger partial charge in [0.05, 0.1) is 0 Å².